The Labute approximate surface area is 142 Å². The van der Waals surface area contributed by atoms with Crippen molar-refractivity contribution >= 4 is 56.2 Å². The van der Waals surface area contributed by atoms with Gasteiger partial charge in [-0.3, -0.25) is 4.79 Å². The number of amides is 1. The van der Waals surface area contributed by atoms with Crippen molar-refractivity contribution in [1.29, 1.82) is 0 Å². The molecule has 0 aliphatic carbocycles. The summed E-state index contributed by atoms with van der Waals surface area (Å²) in [5.41, 5.74) is 0.365. The summed E-state index contributed by atoms with van der Waals surface area (Å²) in [5.74, 6) is -0.450. The second-order valence-corrected chi connectivity index (χ2v) is 8.42. The van der Waals surface area contributed by atoms with Crippen LogP contribution in [0.15, 0.2) is 34.5 Å². The summed E-state index contributed by atoms with van der Waals surface area (Å²) in [7, 11) is -0.703. The van der Waals surface area contributed by atoms with Gasteiger partial charge in [0.1, 0.15) is 0 Å². The van der Waals surface area contributed by atoms with Crippen LogP contribution in [0, 0.1) is 0 Å². The molecular weight excluding hydrogens is 367 g/mol. The molecule has 0 unspecified atom stereocenters. The number of halogens is 2. The van der Waals surface area contributed by atoms with E-state index in [1.54, 1.807) is 12.1 Å². The lowest BCUT2D eigenvalue weighted by Crippen LogP contribution is -2.21. The lowest BCUT2D eigenvalue weighted by molar-refractivity contribution is 0.103. The highest BCUT2D eigenvalue weighted by atomic mass is 35.5. The van der Waals surface area contributed by atoms with E-state index in [1.165, 1.54) is 31.6 Å². The highest BCUT2D eigenvalue weighted by molar-refractivity contribution is 7.89. The van der Waals surface area contributed by atoms with Gasteiger partial charge < -0.3 is 5.32 Å². The molecule has 1 amide bonds. The Morgan fingerprint density at radius 1 is 1.23 bits per heavy atom. The molecule has 0 bridgehead atoms. The number of carbonyl (C=O) groups is 1. The Bertz CT molecular complexity index is 816. The van der Waals surface area contributed by atoms with Crippen molar-refractivity contribution in [3.05, 3.63) is 44.6 Å². The Hall–Kier alpha value is -1.12. The van der Waals surface area contributed by atoms with Gasteiger partial charge in [-0.1, -0.05) is 23.2 Å². The first-order valence-corrected chi connectivity index (χ1v) is 9.07. The maximum Gasteiger partial charge on any atom is 0.265 e. The van der Waals surface area contributed by atoms with Crippen LogP contribution in [0.5, 0.6) is 0 Å². The molecule has 2 aromatic rings. The molecule has 22 heavy (non-hydrogen) atoms. The fourth-order valence-corrected chi connectivity index (χ4v) is 3.96. The Morgan fingerprint density at radius 2 is 1.91 bits per heavy atom. The number of carbonyl (C=O) groups excluding carboxylic acids is 1. The van der Waals surface area contributed by atoms with Crippen LogP contribution in [0.3, 0.4) is 0 Å². The monoisotopic (exact) mass is 378 g/mol. The number of hydrogen-bond donors (Lipinski definition) is 1. The van der Waals surface area contributed by atoms with Crippen LogP contribution in [0.2, 0.25) is 10.0 Å². The van der Waals surface area contributed by atoms with Crippen LogP contribution in [0.1, 0.15) is 9.67 Å². The highest BCUT2D eigenvalue weighted by Crippen LogP contribution is 2.27. The van der Waals surface area contributed by atoms with Gasteiger partial charge in [0, 0.05) is 24.5 Å². The number of rotatable bonds is 4. The van der Waals surface area contributed by atoms with Crippen molar-refractivity contribution < 1.29 is 13.2 Å². The minimum absolute atomic E-state index is 0.0739. The number of anilines is 1. The molecule has 1 N–H and O–H groups in total. The number of hydrogen-bond acceptors (Lipinski definition) is 4. The first-order chi connectivity index (χ1) is 10.2. The maximum absolute atomic E-state index is 12.2. The lowest BCUT2D eigenvalue weighted by Gasteiger charge is -2.08. The van der Waals surface area contributed by atoms with Crippen LogP contribution >= 0.6 is 34.5 Å². The Kier molecular flexibility index (Phi) is 5.14. The molecule has 0 radical (unpaired) electrons. The minimum atomic E-state index is -3.56. The van der Waals surface area contributed by atoms with Crippen molar-refractivity contribution in [3.8, 4) is 0 Å². The third kappa shape index (κ3) is 3.61. The van der Waals surface area contributed by atoms with Crippen molar-refractivity contribution in [3.63, 3.8) is 0 Å². The normalized spacial score (nSPS) is 11.7. The molecule has 0 fully saturated rings. The molecule has 0 saturated heterocycles. The third-order valence-corrected chi connectivity index (χ3v) is 6.19. The molecule has 1 aromatic carbocycles. The largest absolute Gasteiger partial charge is 0.320 e. The SMILES string of the molecule is CN(C)S(=O)(=O)c1csc(C(=O)Nc2cc(Cl)ccc2Cl)c1. The van der Waals surface area contributed by atoms with E-state index in [4.69, 9.17) is 23.2 Å². The quantitative estimate of drug-likeness (QED) is 0.884. The molecule has 5 nitrogen and oxygen atoms in total. The van der Waals surface area contributed by atoms with Gasteiger partial charge in [0.25, 0.3) is 5.91 Å². The van der Waals surface area contributed by atoms with E-state index < -0.39 is 15.9 Å². The molecule has 0 aliphatic heterocycles. The Morgan fingerprint density at radius 3 is 2.55 bits per heavy atom. The zero-order valence-electron chi connectivity index (χ0n) is 11.6. The second kappa shape index (κ2) is 6.55. The summed E-state index contributed by atoms with van der Waals surface area (Å²) in [5, 5.41) is 4.80. The number of thiophene rings is 1. The Balaban J connectivity index is 2.25. The molecule has 0 saturated carbocycles. The van der Waals surface area contributed by atoms with Crippen LogP contribution < -0.4 is 5.32 Å². The molecule has 9 heteroatoms. The molecule has 1 aromatic heterocycles. The van der Waals surface area contributed by atoms with Gasteiger partial charge >= 0.3 is 0 Å². The number of benzene rings is 1. The van der Waals surface area contributed by atoms with Gasteiger partial charge in [0.15, 0.2) is 0 Å². The predicted octanol–water partition coefficient (Wildman–Crippen LogP) is 3.56. The second-order valence-electron chi connectivity index (χ2n) is 4.51. The topological polar surface area (TPSA) is 66.5 Å². The van der Waals surface area contributed by atoms with Crippen molar-refractivity contribution in [2.24, 2.45) is 0 Å². The number of nitrogens with zero attached hydrogens (tertiary/aromatic N) is 1. The zero-order chi connectivity index (χ0) is 16.5. The molecule has 0 spiro atoms. The van der Waals surface area contributed by atoms with Gasteiger partial charge in [0.05, 0.1) is 20.5 Å². The van der Waals surface area contributed by atoms with E-state index in [0.717, 1.165) is 15.6 Å². The molecular formula is C13H12Cl2N2O3S2. The molecule has 0 aliphatic rings. The van der Waals surface area contributed by atoms with E-state index in [-0.39, 0.29) is 9.77 Å². The smallest absolute Gasteiger partial charge is 0.265 e. The standard InChI is InChI=1S/C13H12Cl2N2O3S2/c1-17(2)22(19,20)9-6-12(21-7-9)13(18)16-11-5-8(14)3-4-10(11)15/h3-7H,1-2H3,(H,16,18). The van der Waals surface area contributed by atoms with Crippen molar-refractivity contribution in [1.82, 2.24) is 4.31 Å². The highest BCUT2D eigenvalue weighted by Gasteiger charge is 2.21. The van der Waals surface area contributed by atoms with Crippen molar-refractivity contribution in [2.75, 3.05) is 19.4 Å². The van der Waals surface area contributed by atoms with E-state index >= 15 is 0 Å². The molecule has 118 valence electrons. The molecule has 1 heterocycles. The lowest BCUT2D eigenvalue weighted by atomic mass is 10.3. The predicted molar refractivity (Wildman–Crippen MR) is 89.6 cm³/mol. The summed E-state index contributed by atoms with van der Waals surface area (Å²) >= 11 is 12.9. The van der Waals surface area contributed by atoms with Gasteiger partial charge in [-0.05, 0) is 24.3 Å². The summed E-state index contributed by atoms with van der Waals surface area (Å²) in [4.78, 5) is 12.5. The summed E-state index contributed by atoms with van der Waals surface area (Å²) in [6.45, 7) is 0. The number of nitrogens with one attached hydrogen (secondary N) is 1. The van der Waals surface area contributed by atoms with Gasteiger partial charge in [0.2, 0.25) is 10.0 Å². The molecule has 2 rings (SSSR count). The van der Waals surface area contributed by atoms with Crippen LogP contribution in [-0.4, -0.2) is 32.7 Å². The summed E-state index contributed by atoms with van der Waals surface area (Å²) in [6, 6.07) is 6.02. The van der Waals surface area contributed by atoms with E-state index in [9.17, 15) is 13.2 Å². The zero-order valence-corrected chi connectivity index (χ0v) is 14.8. The average molecular weight is 379 g/mol. The van der Waals surface area contributed by atoms with Gasteiger partial charge in [-0.15, -0.1) is 11.3 Å². The summed E-state index contributed by atoms with van der Waals surface area (Å²) in [6.07, 6.45) is 0. The number of sulfonamides is 1. The van der Waals surface area contributed by atoms with Crippen LogP contribution in [-0.2, 0) is 10.0 Å². The fourth-order valence-electron chi connectivity index (χ4n) is 1.56. The average Bonchev–Trinajstić information content (AvgIpc) is 2.93. The first kappa shape index (κ1) is 17.2. The third-order valence-electron chi connectivity index (χ3n) is 2.75. The maximum atomic E-state index is 12.2. The van der Waals surface area contributed by atoms with Crippen LogP contribution in [0.4, 0.5) is 5.69 Å². The fraction of sp³-hybridized carbons (Fsp3) is 0.154. The minimum Gasteiger partial charge on any atom is -0.320 e. The first-order valence-electron chi connectivity index (χ1n) is 5.99. The van der Waals surface area contributed by atoms with Gasteiger partial charge in [-0.25, -0.2) is 12.7 Å². The summed E-state index contributed by atoms with van der Waals surface area (Å²) < 4.78 is 25.1. The van der Waals surface area contributed by atoms with E-state index in [1.807, 2.05) is 0 Å². The van der Waals surface area contributed by atoms with E-state index in [2.05, 4.69) is 5.32 Å². The molecule has 0 atom stereocenters. The van der Waals surface area contributed by atoms with Gasteiger partial charge in [-0.2, -0.15) is 0 Å². The van der Waals surface area contributed by atoms with Crippen molar-refractivity contribution in [2.45, 2.75) is 4.90 Å². The van der Waals surface area contributed by atoms with Crippen LogP contribution in [0.25, 0.3) is 0 Å². The van der Waals surface area contributed by atoms with E-state index in [0.29, 0.717) is 15.7 Å².